The van der Waals surface area contributed by atoms with Gasteiger partial charge in [0.05, 0.1) is 18.8 Å². The Morgan fingerprint density at radius 2 is 1.35 bits per heavy atom. The van der Waals surface area contributed by atoms with Crippen LogP contribution in [0.4, 0.5) is 0 Å². The molecule has 0 fully saturated rings. The van der Waals surface area contributed by atoms with Gasteiger partial charge in [-0.2, -0.15) is 0 Å². The van der Waals surface area contributed by atoms with Crippen molar-refractivity contribution in [3.63, 3.8) is 0 Å². The van der Waals surface area contributed by atoms with Gasteiger partial charge in [-0.05, 0) is 44.4 Å². The maximum absolute atomic E-state index is 12.3. The molecule has 0 rings (SSSR count). The summed E-state index contributed by atoms with van der Waals surface area (Å²) in [6, 6.07) is 0. The van der Waals surface area contributed by atoms with Crippen molar-refractivity contribution in [1.29, 1.82) is 0 Å². The molecule has 4 N–H and O–H groups in total. The van der Waals surface area contributed by atoms with Crippen LogP contribution >= 0.6 is 7.82 Å². The van der Waals surface area contributed by atoms with Crippen LogP contribution in [0, 0.1) is 5.92 Å². The maximum Gasteiger partial charge on any atom is 0.469 e. The Balaban J connectivity index is 4.35. The van der Waals surface area contributed by atoms with Gasteiger partial charge in [0.2, 0.25) is 0 Å². The number of rotatable bonds is 29. The third kappa shape index (κ3) is 31.9. The summed E-state index contributed by atoms with van der Waals surface area (Å²) < 4.78 is 26.0. The monoisotopic (exact) mass is 672 g/mol. The fourth-order valence-corrected chi connectivity index (χ4v) is 4.70. The van der Waals surface area contributed by atoms with Crippen LogP contribution in [0.3, 0.4) is 0 Å². The minimum atomic E-state index is -4.81. The molecule has 0 aromatic rings. The van der Waals surface area contributed by atoms with Crippen molar-refractivity contribution in [2.45, 2.75) is 142 Å². The summed E-state index contributed by atoms with van der Waals surface area (Å²) in [7, 11) is -4.81. The first-order valence-corrected chi connectivity index (χ1v) is 18.5. The first kappa shape index (κ1) is 43.9. The number of carbonyl (C=O) groups is 2. The van der Waals surface area contributed by atoms with E-state index in [0.717, 1.165) is 25.7 Å². The summed E-state index contributed by atoms with van der Waals surface area (Å²) in [5, 5.41) is 20.1. The lowest BCUT2D eigenvalue weighted by Gasteiger charge is -2.18. The molecule has 0 aliphatic heterocycles. The first-order valence-electron chi connectivity index (χ1n) is 17.0. The molecule has 0 saturated heterocycles. The van der Waals surface area contributed by atoms with Crippen LogP contribution in [0.15, 0.2) is 48.6 Å². The van der Waals surface area contributed by atoms with Crippen LogP contribution in [-0.2, 0) is 28.2 Å². The highest BCUT2D eigenvalue weighted by Crippen LogP contribution is 2.35. The van der Waals surface area contributed by atoms with Crippen molar-refractivity contribution in [1.82, 2.24) is 0 Å². The fourth-order valence-electron chi connectivity index (χ4n) is 4.34. The largest absolute Gasteiger partial charge is 0.469 e. The van der Waals surface area contributed by atoms with E-state index < -0.39 is 44.7 Å². The normalized spacial score (nSPS) is 14.6. The lowest BCUT2D eigenvalue weighted by molar-refractivity contribution is -0.161. The number of allylic oxidation sites excluding steroid dienone is 5. The Kier molecular flexibility index (Phi) is 27.8. The number of phosphoric ester groups is 1. The van der Waals surface area contributed by atoms with E-state index in [-0.39, 0.29) is 25.9 Å². The minimum Gasteiger partial charge on any atom is -0.462 e. The third-order valence-electron chi connectivity index (χ3n) is 6.97. The van der Waals surface area contributed by atoms with E-state index in [9.17, 15) is 24.4 Å². The molecule has 0 aromatic carbocycles. The van der Waals surface area contributed by atoms with Crippen molar-refractivity contribution >= 4 is 19.8 Å². The third-order valence-corrected chi connectivity index (χ3v) is 7.45. The number of aliphatic hydroxyl groups is 2. The maximum atomic E-state index is 12.3. The van der Waals surface area contributed by atoms with E-state index in [1.807, 2.05) is 6.08 Å². The zero-order chi connectivity index (χ0) is 34.5. The molecule has 0 amide bonds. The first-order chi connectivity index (χ1) is 21.9. The van der Waals surface area contributed by atoms with Crippen molar-refractivity contribution in [2.75, 3.05) is 13.2 Å². The van der Waals surface area contributed by atoms with Crippen LogP contribution in [0.2, 0.25) is 0 Å². The lowest BCUT2D eigenvalue weighted by Crippen LogP contribution is -2.29. The van der Waals surface area contributed by atoms with Gasteiger partial charge in [-0.1, -0.05) is 121 Å². The Hall–Kier alpha value is -2.07. The average Bonchev–Trinajstić information content (AvgIpc) is 2.98. The standard InChI is InChI=1S/C35H61O10P/c1-4-5-6-7-11-16-22-31(36)23-17-13-14-18-24-32(37)25-20-27-35(39)45-33(29-44-46(40,41)42)28-43-34(38)26-19-12-9-8-10-15-21-30(2)3/h11,13-14,16-18,23-24,30-33,36-37H,4-10,12,15,19-22,25-29H2,1-3H3,(H2,40,41,42)/b14-13+,16-11-,23-17+,24-18-/t31-,32-,33+/m0/s1. The second-order valence-corrected chi connectivity index (χ2v) is 13.3. The molecule has 0 spiro atoms. The van der Waals surface area contributed by atoms with Crippen LogP contribution in [0.25, 0.3) is 0 Å². The zero-order valence-corrected chi connectivity index (χ0v) is 29.2. The molecule has 0 aliphatic carbocycles. The SMILES string of the molecule is CCCCC/C=C\C[C@H](O)/C=C/C=C/C=C\[C@H](O)CCCC(=O)O[C@H](COC(=O)CCCCCCCCC(C)C)COP(=O)(O)O. The van der Waals surface area contributed by atoms with Crippen molar-refractivity contribution < 1.29 is 48.2 Å². The quantitative estimate of drug-likeness (QED) is 0.0207. The van der Waals surface area contributed by atoms with E-state index in [0.29, 0.717) is 25.2 Å². The Bertz CT molecular complexity index is 938. The number of hydrogen-bond acceptors (Lipinski definition) is 8. The molecule has 11 heteroatoms. The number of unbranched alkanes of at least 4 members (excludes halogenated alkanes) is 8. The summed E-state index contributed by atoms with van der Waals surface area (Å²) in [6.07, 6.45) is 25.0. The molecule has 0 radical (unpaired) electrons. The Morgan fingerprint density at radius 3 is 2.00 bits per heavy atom. The summed E-state index contributed by atoms with van der Waals surface area (Å²) in [5.41, 5.74) is 0. The van der Waals surface area contributed by atoms with Crippen LogP contribution < -0.4 is 0 Å². The molecule has 0 bridgehead atoms. The summed E-state index contributed by atoms with van der Waals surface area (Å²) >= 11 is 0. The number of aliphatic hydroxyl groups excluding tert-OH is 2. The molecular weight excluding hydrogens is 611 g/mol. The molecule has 10 nitrogen and oxygen atoms in total. The highest BCUT2D eigenvalue weighted by molar-refractivity contribution is 7.46. The molecular formula is C35H61O10P. The number of ether oxygens (including phenoxy) is 2. The number of hydrogen-bond donors (Lipinski definition) is 4. The van der Waals surface area contributed by atoms with E-state index in [1.165, 1.54) is 38.5 Å². The summed E-state index contributed by atoms with van der Waals surface area (Å²) in [6.45, 7) is 5.59. The highest BCUT2D eigenvalue weighted by Gasteiger charge is 2.23. The Morgan fingerprint density at radius 1 is 0.717 bits per heavy atom. The molecule has 0 aromatic heterocycles. The van der Waals surface area contributed by atoms with E-state index in [4.69, 9.17) is 19.3 Å². The van der Waals surface area contributed by atoms with E-state index in [2.05, 4.69) is 31.4 Å². The van der Waals surface area contributed by atoms with Crippen molar-refractivity contribution in [2.24, 2.45) is 5.92 Å². The molecule has 266 valence electrons. The molecule has 0 heterocycles. The number of phosphoric acid groups is 1. The van der Waals surface area contributed by atoms with Gasteiger partial charge in [-0.15, -0.1) is 0 Å². The zero-order valence-electron chi connectivity index (χ0n) is 28.3. The second kappa shape index (κ2) is 29.1. The van der Waals surface area contributed by atoms with Crippen LogP contribution in [-0.4, -0.2) is 63.5 Å². The van der Waals surface area contributed by atoms with Gasteiger partial charge >= 0.3 is 19.8 Å². The minimum absolute atomic E-state index is 0.0497. The van der Waals surface area contributed by atoms with Gasteiger partial charge in [0, 0.05) is 12.8 Å². The van der Waals surface area contributed by atoms with Gasteiger partial charge in [-0.3, -0.25) is 14.1 Å². The predicted molar refractivity (Wildman–Crippen MR) is 182 cm³/mol. The van der Waals surface area contributed by atoms with Gasteiger partial charge in [-0.25, -0.2) is 4.57 Å². The number of carbonyl (C=O) groups excluding carboxylic acids is 2. The Labute approximate surface area is 277 Å². The topological polar surface area (TPSA) is 160 Å². The second-order valence-electron chi connectivity index (χ2n) is 12.0. The van der Waals surface area contributed by atoms with E-state index in [1.54, 1.807) is 36.5 Å². The summed E-state index contributed by atoms with van der Waals surface area (Å²) in [4.78, 5) is 42.5. The van der Waals surface area contributed by atoms with Crippen LogP contribution in [0.1, 0.15) is 124 Å². The average molecular weight is 673 g/mol. The highest BCUT2D eigenvalue weighted by atomic mass is 31.2. The smallest absolute Gasteiger partial charge is 0.462 e. The molecule has 0 unspecified atom stereocenters. The molecule has 0 saturated carbocycles. The molecule has 0 aliphatic rings. The van der Waals surface area contributed by atoms with Gasteiger partial charge in [0.1, 0.15) is 6.61 Å². The molecule has 46 heavy (non-hydrogen) atoms. The van der Waals surface area contributed by atoms with Gasteiger partial charge < -0.3 is 29.5 Å². The van der Waals surface area contributed by atoms with Crippen molar-refractivity contribution in [3.05, 3.63) is 48.6 Å². The predicted octanol–water partition coefficient (Wildman–Crippen LogP) is 7.41. The number of esters is 2. The lowest BCUT2D eigenvalue weighted by atomic mass is 10.0. The van der Waals surface area contributed by atoms with Gasteiger partial charge in [0.15, 0.2) is 6.10 Å². The molecule has 3 atom stereocenters. The van der Waals surface area contributed by atoms with Gasteiger partial charge in [0.25, 0.3) is 0 Å². The van der Waals surface area contributed by atoms with Crippen LogP contribution in [0.5, 0.6) is 0 Å². The van der Waals surface area contributed by atoms with E-state index >= 15 is 0 Å². The van der Waals surface area contributed by atoms with Crippen molar-refractivity contribution in [3.8, 4) is 0 Å². The summed E-state index contributed by atoms with van der Waals surface area (Å²) in [5.74, 6) is -0.423. The fraction of sp³-hybridized carbons (Fsp3) is 0.714.